The number of aromatic nitrogens is 1. The summed E-state index contributed by atoms with van der Waals surface area (Å²) in [5, 5.41) is 0. The third-order valence-corrected chi connectivity index (χ3v) is 3.57. The van der Waals surface area contributed by atoms with Gasteiger partial charge < -0.3 is 14.5 Å². The van der Waals surface area contributed by atoms with E-state index in [-0.39, 0.29) is 18.0 Å². The van der Waals surface area contributed by atoms with Crippen molar-refractivity contribution in [2.45, 2.75) is 46.3 Å². The van der Waals surface area contributed by atoms with Crippen LogP contribution >= 0.6 is 0 Å². The molecule has 0 unspecified atom stereocenters. The Balaban J connectivity index is 2.05. The third kappa shape index (κ3) is 3.87. The van der Waals surface area contributed by atoms with Crippen molar-refractivity contribution in [1.82, 2.24) is 9.88 Å². The molecule has 1 aromatic rings. The number of amides is 1. The lowest BCUT2D eigenvalue weighted by molar-refractivity contribution is 0.0158. The van der Waals surface area contributed by atoms with E-state index in [0.29, 0.717) is 19.6 Å². The molecule has 1 aliphatic rings. The normalized spacial score (nSPS) is 19.3. The Morgan fingerprint density at radius 2 is 2.09 bits per heavy atom. The molecule has 5 nitrogen and oxygen atoms in total. The van der Waals surface area contributed by atoms with Crippen LogP contribution in [0.3, 0.4) is 0 Å². The van der Waals surface area contributed by atoms with Gasteiger partial charge in [0.15, 0.2) is 0 Å². The maximum atomic E-state index is 13.2. The van der Waals surface area contributed by atoms with Crippen molar-refractivity contribution in [3.63, 3.8) is 0 Å². The van der Waals surface area contributed by atoms with Gasteiger partial charge in [-0.15, -0.1) is 0 Å². The van der Waals surface area contributed by atoms with E-state index in [1.54, 1.807) is 4.90 Å². The minimum atomic E-state index is -0.497. The van der Waals surface area contributed by atoms with Crippen LogP contribution in [0.5, 0.6) is 0 Å². The molecule has 0 spiro atoms. The third-order valence-electron chi connectivity index (χ3n) is 3.57. The molecule has 2 rings (SSSR count). The number of ether oxygens (including phenoxy) is 1. The lowest BCUT2D eigenvalue weighted by Crippen LogP contribution is -2.55. The van der Waals surface area contributed by atoms with E-state index in [0.717, 1.165) is 11.4 Å². The zero-order chi connectivity index (χ0) is 16.5. The molecular formula is C16H24FN3O2. The number of aryl methyl sites for hydroxylation is 1. The zero-order valence-electron chi connectivity index (χ0n) is 13.9. The highest BCUT2D eigenvalue weighted by atomic mass is 19.1. The van der Waals surface area contributed by atoms with Crippen molar-refractivity contribution in [3.8, 4) is 0 Å². The zero-order valence-corrected chi connectivity index (χ0v) is 13.9. The number of carbonyl (C=O) groups is 1. The van der Waals surface area contributed by atoms with Gasteiger partial charge in [-0.05, 0) is 46.2 Å². The van der Waals surface area contributed by atoms with Gasteiger partial charge >= 0.3 is 6.09 Å². The van der Waals surface area contributed by atoms with Gasteiger partial charge in [-0.2, -0.15) is 0 Å². The predicted molar refractivity (Wildman–Crippen MR) is 83.5 cm³/mol. The molecule has 0 N–H and O–H groups in total. The minimum Gasteiger partial charge on any atom is -0.444 e. The fraction of sp³-hybridized carbons (Fsp3) is 0.625. The van der Waals surface area contributed by atoms with Crippen LogP contribution in [0.25, 0.3) is 0 Å². The molecule has 1 fully saturated rings. The SMILES string of the molecule is Cc1cc(F)cnc1N1CCN(C(=O)OC(C)(C)C)[C@H](C)C1. The molecule has 0 radical (unpaired) electrons. The largest absolute Gasteiger partial charge is 0.444 e. The minimum absolute atomic E-state index is 0.00912. The molecule has 0 bridgehead atoms. The summed E-state index contributed by atoms with van der Waals surface area (Å²) < 4.78 is 18.6. The highest BCUT2D eigenvalue weighted by molar-refractivity contribution is 5.69. The number of rotatable bonds is 1. The molecule has 0 aromatic carbocycles. The van der Waals surface area contributed by atoms with Crippen molar-refractivity contribution in [2.24, 2.45) is 0 Å². The van der Waals surface area contributed by atoms with Crippen molar-refractivity contribution < 1.29 is 13.9 Å². The number of carbonyl (C=O) groups excluding carboxylic acids is 1. The van der Waals surface area contributed by atoms with Crippen LogP contribution in [0.2, 0.25) is 0 Å². The van der Waals surface area contributed by atoms with Crippen LogP contribution in [0, 0.1) is 12.7 Å². The Morgan fingerprint density at radius 3 is 2.64 bits per heavy atom. The second-order valence-corrected chi connectivity index (χ2v) is 6.76. The van der Waals surface area contributed by atoms with Gasteiger partial charge in [-0.3, -0.25) is 0 Å². The first-order chi connectivity index (χ1) is 10.2. The highest BCUT2D eigenvalue weighted by Gasteiger charge is 2.31. The van der Waals surface area contributed by atoms with Gasteiger partial charge in [-0.25, -0.2) is 14.2 Å². The van der Waals surface area contributed by atoms with E-state index >= 15 is 0 Å². The van der Waals surface area contributed by atoms with Gasteiger partial charge in [0.1, 0.15) is 17.2 Å². The van der Waals surface area contributed by atoms with Crippen LogP contribution in [-0.2, 0) is 4.74 Å². The first-order valence-electron chi connectivity index (χ1n) is 7.54. The topological polar surface area (TPSA) is 45.7 Å². The molecule has 1 aliphatic heterocycles. The predicted octanol–water partition coefficient (Wildman–Crippen LogP) is 2.97. The molecule has 0 saturated carbocycles. The Kier molecular flexibility index (Phi) is 4.58. The lowest BCUT2D eigenvalue weighted by atomic mass is 10.1. The van der Waals surface area contributed by atoms with Crippen molar-refractivity contribution >= 4 is 11.9 Å². The standard InChI is InChI=1S/C16H24FN3O2/c1-11-8-13(17)9-18-14(11)19-6-7-20(12(2)10-19)15(21)22-16(3,4)5/h8-9,12H,6-7,10H2,1-5H3/t12-/m1/s1. The number of hydrogen-bond donors (Lipinski definition) is 0. The van der Waals surface area contributed by atoms with Crippen LogP contribution in [-0.4, -0.2) is 47.3 Å². The molecule has 2 heterocycles. The molecule has 22 heavy (non-hydrogen) atoms. The van der Waals surface area contributed by atoms with Crippen LogP contribution in [0.4, 0.5) is 15.0 Å². The van der Waals surface area contributed by atoms with Gasteiger partial charge in [0, 0.05) is 25.7 Å². The van der Waals surface area contributed by atoms with E-state index < -0.39 is 5.60 Å². The highest BCUT2D eigenvalue weighted by Crippen LogP contribution is 2.22. The summed E-state index contributed by atoms with van der Waals surface area (Å²) in [5.74, 6) is 0.443. The van der Waals surface area contributed by atoms with Gasteiger partial charge in [0.05, 0.1) is 6.20 Å². The fourth-order valence-electron chi connectivity index (χ4n) is 2.61. The van der Waals surface area contributed by atoms with E-state index in [9.17, 15) is 9.18 Å². The van der Waals surface area contributed by atoms with Gasteiger partial charge in [0.2, 0.25) is 0 Å². The van der Waals surface area contributed by atoms with E-state index in [1.807, 2.05) is 34.6 Å². The van der Waals surface area contributed by atoms with Crippen molar-refractivity contribution in [2.75, 3.05) is 24.5 Å². The first-order valence-corrected chi connectivity index (χ1v) is 7.54. The van der Waals surface area contributed by atoms with Gasteiger partial charge in [-0.1, -0.05) is 0 Å². The Hall–Kier alpha value is -1.85. The molecule has 6 heteroatoms. The molecule has 1 atom stereocenters. The molecule has 0 aliphatic carbocycles. The molecule has 1 amide bonds. The average Bonchev–Trinajstić information content (AvgIpc) is 2.36. The second kappa shape index (κ2) is 6.10. The lowest BCUT2D eigenvalue weighted by Gasteiger charge is -2.41. The average molecular weight is 309 g/mol. The number of hydrogen-bond acceptors (Lipinski definition) is 4. The number of nitrogens with zero attached hydrogens (tertiary/aromatic N) is 3. The first kappa shape index (κ1) is 16.5. The van der Waals surface area contributed by atoms with Crippen LogP contribution < -0.4 is 4.90 Å². The molecular weight excluding hydrogens is 285 g/mol. The summed E-state index contributed by atoms with van der Waals surface area (Å²) in [6.07, 6.45) is 0.941. The molecule has 1 aromatic heterocycles. The van der Waals surface area contributed by atoms with E-state index in [1.165, 1.54) is 12.3 Å². The smallest absolute Gasteiger partial charge is 0.410 e. The summed E-state index contributed by atoms with van der Waals surface area (Å²) in [5.41, 5.74) is 0.307. The fourth-order valence-corrected chi connectivity index (χ4v) is 2.61. The van der Waals surface area contributed by atoms with Crippen LogP contribution in [0.15, 0.2) is 12.3 Å². The molecule has 122 valence electrons. The maximum absolute atomic E-state index is 13.2. The van der Waals surface area contributed by atoms with Crippen LogP contribution in [0.1, 0.15) is 33.3 Å². The second-order valence-electron chi connectivity index (χ2n) is 6.76. The van der Waals surface area contributed by atoms with E-state index in [2.05, 4.69) is 9.88 Å². The Bertz CT molecular complexity index is 557. The number of pyridine rings is 1. The Morgan fingerprint density at radius 1 is 1.41 bits per heavy atom. The number of halogens is 1. The quantitative estimate of drug-likeness (QED) is 0.800. The summed E-state index contributed by atoms with van der Waals surface area (Å²) in [4.78, 5) is 20.2. The number of anilines is 1. The maximum Gasteiger partial charge on any atom is 0.410 e. The summed E-state index contributed by atoms with van der Waals surface area (Å²) >= 11 is 0. The van der Waals surface area contributed by atoms with Gasteiger partial charge in [0.25, 0.3) is 0 Å². The van der Waals surface area contributed by atoms with Crippen molar-refractivity contribution in [3.05, 3.63) is 23.6 Å². The summed E-state index contributed by atoms with van der Waals surface area (Å²) in [7, 11) is 0. The monoisotopic (exact) mass is 309 g/mol. The number of piperazine rings is 1. The summed E-state index contributed by atoms with van der Waals surface area (Å²) in [6, 6.07) is 1.49. The molecule has 1 saturated heterocycles. The van der Waals surface area contributed by atoms with Crippen molar-refractivity contribution in [1.29, 1.82) is 0 Å². The van der Waals surface area contributed by atoms with E-state index in [4.69, 9.17) is 4.74 Å². The summed E-state index contributed by atoms with van der Waals surface area (Å²) in [6.45, 7) is 11.3. The Labute approximate surface area is 131 Å².